The molecule has 1 aliphatic heterocycles. The molecule has 1 fully saturated rings. The highest BCUT2D eigenvalue weighted by Crippen LogP contribution is 2.26. The molecule has 25 heavy (non-hydrogen) atoms. The number of rotatable bonds is 5. The maximum atomic E-state index is 12.5. The van der Waals surface area contributed by atoms with Gasteiger partial charge in [0.2, 0.25) is 0 Å². The van der Waals surface area contributed by atoms with Crippen LogP contribution in [0.4, 0.5) is 11.4 Å². The van der Waals surface area contributed by atoms with Gasteiger partial charge in [0, 0.05) is 19.1 Å². The molecule has 0 saturated carbocycles. The molecule has 0 bridgehead atoms. The number of amides is 1. The first kappa shape index (κ1) is 17.5. The van der Waals surface area contributed by atoms with Crippen molar-refractivity contribution in [1.82, 2.24) is 4.90 Å². The fourth-order valence-electron chi connectivity index (χ4n) is 2.93. The van der Waals surface area contributed by atoms with Crippen LogP contribution in [-0.4, -0.2) is 43.7 Å². The first-order valence-electron chi connectivity index (χ1n) is 8.65. The molecule has 5 nitrogen and oxygen atoms in total. The quantitative estimate of drug-likeness (QED) is 0.879. The SMILES string of the molecule is C[C@@H](Nc1ccccc1NC(=O)[C@@H]1CN(C)CCO1)c1ccccc1. The molecule has 3 rings (SSSR count). The summed E-state index contributed by atoms with van der Waals surface area (Å²) in [4.78, 5) is 14.6. The Morgan fingerprint density at radius 2 is 1.80 bits per heavy atom. The van der Waals surface area contributed by atoms with E-state index in [0.717, 1.165) is 17.9 Å². The van der Waals surface area contributed by atoms with Crippen LogP contribution < -0.4 is 10.6 Å². The van der Waals surface area contributed by atoms with E-state index in [-0.39, 0.29) is 11.9 Å². The summed E-state index contributed by atoms with van der Waals surface area (Å²) in [5.41, 5.74) is 2.87. The van der Waals surface area contributed by atoms with Gasteiger partial charge in [-0.15, -0.1) is 0 Å². The number of para-hydroxylation sites is 2. The molecule has 0 aromatic heterocycles. The van der Waals surface area contributed by atoms with Gasteiger partial charge in [-0.05, 0) is 31.7 Å². The smallest absolute Gasteiger partial charge is 0.254 e. The number of hydrogen-bond acceptors (Lipinski definition) is 4. The van der Waals surface area contributed by atoms with Crippen LogP contribution in [0.25, 0.3) is 0 Å². The van der Waals surface area contributed by atoms with Gasteiger partial charge in [0.25, 0.3) is 5.91 Å². The van der Waals surface area contributed by atoms with E-state index in [9.17, 15) is 4.79 Å². The van der Waals surface area contributed by atoms with Crippen molar-refractivity contribution in [1.29, 1.82) is 0 Å². The van der Waals surface area contributed by atoms with Crippen molar-refractivity contribution in [2.24, 2.45) is 0 Å². The van der Waals surface area contributed by atoms with E-state index in [4.69, 9.17) is 4.74 Å². The number of anilines is 2. The van der Waals surface area contributed by atoms with Gasteiger partial charge in [0.05, 0.1) is 18.0 Å². The Morgan fingerprint density at radius 1 is 1.12 bits per heavy atom. The minimum Gasteiger partial charge on any atom is -0.377 e. The molecule has 132 valence electrons. The zero-order valence-electron chi connectivity index (χ0n) is 14.7. The van der Waals surface area contributed by atoms with Crippen molar-refractivity contribution in [3.63, 3.8) is 0 Å². The second-order valence-electron chi connectivity index (χ2n) is 6.43. The van der Waals surface area contributed by atoms with Crippen LogP contribution in [0.15, 0.2) is 54.6 Å². The maximum absolute atomic E-state index is 12.5. The van der Waals surface area contributed by atoms with Gasteiger partial charge in [0.1, 0.15) is 6.10 Å². The molecule has 2 N–H and O–H groups in total. The molecule has 1 saturated heterocycles. The summed E-state index contributed by atoms with van der Waals surface area (Å²) < 4.78 is 5.60. The van der Waals surface area contributed by atoms with E-state index < -0.39 is 6.10 Å². The summed E-state index contributed by atoms with van der Waals surface area (Å²) in [6.07, 6.45) is -0.432. The Kier molecular flexibility index (Phi) is 5.68. The lowest BCUT2D eigenvalue weighted by Crippen LogP contribution is -2.46. The number of carbonyl (C=O) groups excluding carboxylic acids is 1. The lowest BCUT2D eigenvalue weighted by atomic mass is 10.1. The lowest BCUT2D eigenvalue weighted by molar-refractivity contribution is -0.132. The predicted octanol–water partition coefficient (Wildman–Crippen LogP) is 3.13. The number of hydrogen-bond donors (Lipinski definition) is 2. The average molecular weight is 339 g/mol. The van der Waals surface area contributed by atoms with E-state index >= 15 is 0 Å². The molecule has 1 heterocycles. The Hall–Kier alpha value is -2.37. The summed E-state index contributed by atoms with van der Waals surface area (Å²) in [6, 6.07) is 18.1. The summed E-state index contributed by atoms with van der Waals surface area (Å²) in [6.45, 7) is 4.16. The largest absolute Gasteiger partial charge is 0.377 e. The standard InChI is InChI=1S/C20H25N3O2/c1-15(16-8-4-3-5-9-16)21-17-10-6-7-11-18(17)22-20(24)19-14-23(2)12-13-25-19/h3-11,15,19,21H,12-14H2,1-2H3,(H,22,24)/t15-,19+/m1/s1. The number of benzene rings is 2. The summed E-state index contributed by atoms with van der Waals surface area (Å²) in [5.74, 6) is -0.104. The first-order chi connectivity index (χ1) is 12.1. The van der Waals surface area contributed by atoms with Gasteiger partial charge < -0.3 is 20.3 Å². The number of carbonyl (C=O) groups is 1. The Morgan fingerprint density at radius 3 is 2.52 bits per heavy atom. The third kappa shape index (κ3) is 4.59. The number of nitrogens with one attached hydrogen (secondary N) is 2. The van der Waals surface area contributed by atoms with Gasteiger partial charge in [-0.3, -0.25) is 4.79 Å². The minimum atomic E-state index is -0.432. The second-order valence-corrected chi connectivity index (χ2v) is 6.43. The molecule has 0 spiro atoms. The number of morpholine rings is 1. The normalized spacial score (nSPS) is 19.2. The van der Waals surface area contributed by atoms with Crippen molar-refractivity contribution in [3.05, 3.63) is 60.2 Å². The zero-order chi connectivity index (χ0) is 17.6. The summed E-state index contributed by atoms with van der Waals surface area (Å²) in [7, 11) is 2.00. The molecule has 0 radical (unpaired) electrons. The lowest BCUT2D eigenvalue weighted by Gasteiger charge is -2.29. The van der Waals surface area contributed by atoms with Crippen molar-refractivity contribution in [3.8, 4) is 0 Å². The molecule has 0 unspecified atom stereocenters. The fourth-order valence-corrected chi connectivity index (χ4v) is 2.93. The molecule has 2 aromatic rings. The third-order valence-corrected chi connectivity index (χ3v) is 4.42. The van der Waals surface area contributed by atoms with Gasteiger partial charge >= 0.3 is 0 Å². The van der Waals surface area contributed by atoms with Crippen LogP contribution >= 0.6 is 0 Å². The number of likely N-dealkylation sites (N-methyl/N-ethyl adjacent to an activating group) is 1. The topological polar surface area (TPSA) is 53.6 Å². The molecule has 2 atom stereocenters. The van der Waals surface area contributed by atoms with Gasteiger partial charge in [0.15, 0.2) is 0 Å². The van der Waals surface area contributed by atoms with Crippen molar-refractivity contribution in [2.45, 2.75) is 19.1 Å². The molecule has 1 amide bonds. The first-order valence-corrected chi connectivity index (χ1v) is 8.65. The Labute approximate surface area is 149 Å². The van der Waals surface area contributed by atoms with Gasteiger partial charge in [-0.25, -0.2) is 0 Å². The maximum Gasteiger partial charge on any atom is 0.254 e. The average Bonchev–Trinajstić information content (AvgIpc) is 2.64. The molecule has 0 aliphatic carbocycles. The second kappa shape index (κ2) is 8.14. The number of ether oxygens (including phenoxy) is 1. The minimum absolute atomic E-state index is 0.104. The molecule has 5 heteroatoms. The highest BCUT2D eigenvalue weighted by molar-refractivity contribution is 5.97. The van der Waals surface area contributed by atoms with Gasteiger partial charge in [-0.1, -0.05) is 42.5 Å². The van der Waals surface area contributed by atoms with Crippen molar-refractivity contribution in [2.75, 3.05) is 37.4 Å². The molecular formula is C20H25N3O2. The van der Waals surface area contributed by atoms with Crippen LogP contribution in [0.3, 0.4) is 0 Å². The predicted molar refractivity (Wildman–Crippen MR) is 101 cm³/mol. The molecule has 1 aliphatic rings. The van der Waals surface area contributed by atoms with E-state index in [1.807, 2.05) is 49.5 Å². The Bertz CT molecular complexity index is 705. The van der Waals surface area contributed by atoms with Crippen LogP contribution in [0, 0.1) is 0 Å². The van der Waals surface area contributed by atoms with E-state index in [0.29, 0.717) is 13.2 Å². The van der Waals surface area contributed by atoms with Crippen LogP contribution in [-0.2, 0) is 9.53 Å². The van der Waals surface area contributed by atoms with Crippen molar-refractivity contribution >= 4 is 17.3 Å². The summed E-state index contributed by atoms with van der Waals surface area (Å²) in [5, 5.41) is 6.48. The van der Waals surface area contributed by atoms with Gasteiger partial charge in [-0.2, -0.15) is 0 Å². The van der Waals surface area contributed by atoms with Crippen molar-refractivity contribution < 1.29 is 9.53 Å². The summed E-state index contributed by atoms with van der Waals surface area (Å²) >= 11 is 0. The van der Waals surface area contributed by atoms with Crippen LogP contribution in [0.1, 0.15) is 18.5 Å². The van der Waals surface area contributed by atoms with E-state index in [1.165, 1.54) is 5.56 Å². The number of nitrogens with zero attached hydrogens (tertiary/aromatic N) is 1. The third-order valence-electron chi connectivity index (χ3n) is 4.42. The van der Waals surface area contributed by atoms with E-state index in [1.54, 1.807) is 0 Å². The molecule has 2 aromatic carbocycles. The zero-order valence-corrected chi connectivity index (χ0v) is 14.7. The monoisotopic (exact) mass is 339 g/mol. The van der Waals surface area contributed by atoms with E-state index in [2.05, 4.69) is 34.6 Å². The fraction of sp³-hybridized carbons (Fsp3) is 0.350. The molecular weight excluding hydrogens is 314 g/mol. The Balaban J connectivity index is 1.69. The van der Waals surface area contributed by atoms with Crippen LogP contribution in [0.5, 0.6) is 0 Å². The highest BCUT2D eigenvalue weighted by atomic mass is 16.5. The highest BCUT2D eigenvalue weighted by Gasteiger charge is 2.25. The van der Waals surface area contributed by atoms with Crippen LogP contribution in [0.2, 0.25) is 0 Å².